The summed E-state index contributed by atoms with van der Waals surface area (Å²) in [6, 6.07) is 3.69. The highest BCUT2D eigenvalue weighted by Crippen LogP contribution is 2.33. The van der Waals surface area contributed by atoms with Gasteiger partial charge in [0, 0.05) is 0 Å². The largest absolute Gasteiger partial charge is 0.464 e. The molecule has 0 radical (unpaired) electrons. The number of rotatable bonds is 1. The summed E-state index contributed by atoms with van der Waals surface area (Å²) in [5.74, 6) is 1.49. The summed E-state index contributed by atoms with van der Waals surface area (Å²) in [6.07, 6.45) is -0.522. The average molecular weight is 168 g/mol. The van der Waals surface area contributed by atoms with E-state index >= 15 is 0 Å². The topological polar surface area (TPSA) is 33.4 Å². The SMILES string of the molecule is Cc1ccc(C(O)C(C)(C)C)o1. The summed E-state index contributed by atoms with van der Waals surface area (Å²) in [7, 11) is 0. The molecule has 1 aromatic rings. The van der Waals surface area contributed by atoms with Crippen molar-refractivity contribution in [1.29, 1.82) is 0 Å². The zero-order valence-corrected chi connectivity index (χ0v) is 8.09. The zero-order chi connectivity index (χ0) is 9.35. The predicted molar refractivity (Wildman–Crippen MR) is 47.9 cm³/mol. The maximum Gasteiger partial charge on any atom is 0.133 e. The molecular weight excluding hydrogens is 152 g/mol. The van der Waals surface area contributed by atoms with Crippen molar-refractivity contribution in [3.05, 3.63) is 23.7 Å². The van der Waals surface area contributed by atoms with Crippen molar-refractivity contribution >= 4 is 0 Å². The number of hydrogen-bond donors (Lipinski definition) is 1. The van der Waals surface area contributed by atoms with Gasteiger partial charge in [-0.3, -0.25) is 0 Å². The zero-order valence-electron chi connectivity index (χ0n) is 8.09. The van der Waals surface area contributed by atoms with Crippen LogP contribution in [0.25, 0.3) is 0 Å². The van der Waals surface area contributed by atoms with Crippen LogP contribution in [0, 0.1) is 12.3 Å². The Balaban J connectivity index is 2.85. The molecule has 0 aliphatic rings. The lowest BCUT2D eigenvalue weighted by Gasteiger charge is -2.23. The molecule has 0 bridgehead atoms. The van der Waals surface area contributed by atoms with E-state index in [1.54, 1.807) is 0 Å². The van der Waals surface area contributed by atoms with Crippen molar-refractivity contribution in [2.24, 2.45) is 5.41 Å². The van der Waals surface area contributed by atoms with Gasteiger partial charge in [-0.05, 0) is 24.5 Å². The minimum Gasteiger partial charge on any atom is -0.464 e. The van der Waals surface area contributed by atoms with Crippen LogP contribution in [0.2, 0.25) is 0 Å². The molecule has 0 saturated carbocycles. The summed E-state index contributed by atoms with van der Waals surface area (Å²) < 4.78 is 5.32. The van der Waals surface area contributed by atoms with Gasteiger partial charge in [0.25, 0.3) is 0 Å². The Hall–Kier alpha value is -0.760. The van der Waals surface area contributed by atoms with Crippen molar-refractivity contribution in [1.82, 2.24) is 0 Å². The van der Waals surface area contributed by atoms with Gasteiger partial charge in [-0.25, -0.2) is 0 Å². The quantitative estimate of drug-likeness (QED) is 0.699. The van der Waals surface area contributed by atoms with E-state index in [1.807, 2.05) is 39.8 Å². The van der Waals surface area contributed by atoms with E-state index in [0.29, 0.717) is 5.76 Å². The molecule has 1 N–H and O–H groups in total. The second-order valence-corrected chi connectivity index (χ2v) is 4.22. The first-order chi connectivity index (χ1) is 5.41. The van der Waals surface area contributed by atoms with Gasteiger partial charge < -0.3 is 9.52 Å². The first-order valence-corrected chi connectivity index (χ1v) is 4.15. The molecule has 0 aromatic carbocycles. The molecular formula is C10H16O2. The Morgan fingerprint density at radius 1 is 1.33 bits per heavy atom. The lowest BCUT2D eigenvalue weighted by molar-refractivity contribution is 0.0428. The molecule has 1 heterocycles. The molecule has 2 heteroatoms. The van der Waals surface area contributed by atoms with Crippen LogP contribution in [0.15, 0.2) is 16.5 Å². The first kappa shape index (κ1) is 9.33. The maximum absolute atomic E-state index is 9.78. The monoisotopic (exact) mass is 168 g/mol. The minimum absolute atomic E-state index is 0.162. The Kier molecular flexibility index (Phi) is 2.29. The third kappa shape index (κ3) is 1.89. The summed E-state index contributed by atoms with van der Waals surface area (Å²) in [6.45, 7) is 7.82. The standard InChI is InChI=1S/C10H16O2/c1-7-5-6-8(12-7)9(11)10(2,3)4/h5-6,9,11H,1-4H3. The third-order valence-electron chi connectivity index (χ3n) is 1.85. The van der Waals surface area contributed by atoms with Crippen molar-refractivity contribution in [2.45, 2.75) is 33.8 Å². The van der Waals surface area contributed by atoms with Crippen molar-refractivity contribution in [3.63, 3.8) is 0 Å². The highest BCUT2D eigenvalue weighted by Gasteiger charge is 2.26. The molecule has 0 fully saturated rings. The smallest absolute Gasteiger partial charge is 0.133 e. The normalized spacial score (nSPS) is 14.8. The van der Waals surface area contributed by atoms with Gasteiger partial charge in [-0.15, -0.1) is 0 Å². The number of aliphatic hydroxyl groups excluding tert-OH is 1. The van der Waals surface area contributed by atoms with Gasteiger partial charge >= 0.3 is 0 Å². The lowest BCUT2D eigenvalue weighted by atomic mass is 9.88. The number of aliphatic hydroxyl groups is 1. The highest BCUT2D eigenvalue weighted by molar-refractivity contribution is 5.09. The lowest BCUT2D eigenvalue weighted by Crippen LogP contribution is -2.17. The van der Waals surface area contributed by atoms with Crippen LogP contribution in [0.1, 0.15) is 38.4 Å². The third-order valence-corrected chi connectivity index (χ3v) is 1.85. The molecule has 0 aliphatic carbocycles. The Morgan fingerprint density at radius 3 is 2.25 bits per heavy atom. The van der Waals surface area contributed by atoms with Crippen LogP contribution in [0.3, 0.4) is 0 Å². The summed E-state index contributed by atoms with van der Waals surface area (Å²) in [4.78, 5) is 0. The fraction of sp³-hybridized carbons (Fsp3) is 0.600. The van der Waals surface area contributed by atoms with E-state index < -0.39 is 6.10 Å². The Morgan fingerprint density at radius 2 is 1.92 bits per heavy atom. The van der Waals surface area contributed by atoms with Crippen LogP contribution in [0.4, 0.5) is 0 Å². The molecule has 12 heavy (non-hydrogen) atoms. The van der Waals surface area contributed by atoms with Gasteiger partial charge in [0.1, 0.15) is 17.6 Å². The van der Waals surface area contributed by atoms with E-state index in [2.05, 4.69) is 0 Å². The van der Waals surface area contributed by atoms with Gasteiger partial charge in [0.05, 0.1) is 0 Å². The minimum atomic E-state index is -0.522. The Labute approximate surface area is 73.2 Å². The number of hydrogen-bond acceptors (Lipinski definition) is 2. The van der Waals surface area contributed by atoms with Crippen LogP contribution >= 0.6 is 0 Å². The van der Waals surface area contributed by atoms with E-state index in [0.717, 1.165) is 5.76 Å². The van der Waals surface area contributed by atoms with E-state index in [9.17, 15) is 5.11 Å². The molecule has 0 spiro atoms. The number of furan rings is 1. The maximum atomic E-state index is 9.78. The molecule has 1 unspecified atom stereocenters. The molecule has 1 aromatic heterocycles. The summed E-state index contributed by atoms with van der Waals surface area (Å²) in [5.41, 5.74) is -0.162. The molecule has 0 saturated heterocycles. The molecule has 1 atom stereocenters. The molecule has 1 rings (SSSR count). The molecule has 0 amide bonds. The van der Waals surface area contributed by atoms with Gasteiger partial charge in [0.2, 0.25) is 0 Å². The van der Waals surface area contributed by atoms with Crippen molar-refractivity contribution in [2.75, 3.05) is 0 Å². The van der Waals surface area contributed by atoms with Crippen molar-refractivity contribution < 1.29 is 9.52 Å². The van der Waals surface area contributed by atoms with E-state index in [-0.39, 0.29) is 5.41 Å². The van der Waals surface area contributed by atoms with Crippen molar-refractivity contribution in [3.8, 4) is 0 Å². The van der Waals surface area contributed by atoms with Gasteiger partial charge in [-0.1, -0.05) is 20.8 Å². The van der Waals surface area contributed by atoms with Gasteiger partial charge in [0.15, 0.2) is 0 Å². The van der Waals surface area contributed by atoms with Crippen LogP contribution in [-0.2, 0) is 0 Å². The fourth-order valence-electron chi connectivity index (χ4n) is 1.03. The van der Waals surface area contributed by atoms with Crippen LogP contribution in [0.5, 0.6) is 0 Å². The predicted octanol–water partition coefficient (Wildman–Crippen LogP) is 2.67. The molecule has 2 nitrogen and oxygen atoms in total. The molecule has 0 aliphatic heterocycles. The van der Waals surface area contributed by atoms with E-state index in [4.69, 9.17) is 4.42 Å². The van der Waals surface area contributed by atoms with Gasteiger partial charge in [-0.2, -0.15) is 0 Å². The van der Waals surface area contributed by atoms with E-state index in [1.165, 1.54) is 0 Å². The second-order valence-electron chi connectivity index (χ2n) is 4.22. The second kappa shape index (κ2) is 2.94. The average Bonchev–Trinajstić information content (AvgIpc) is 2.32. The number of aryl methyl sites for hydroxylation is 1. The van der Waals surface area contributed by atoms with Crippen LogP contribution < -0.4 is 0 Å². The Bertz CT molecular complexity index is 255. The summed E-state index contributed by atoms with van der Waals surface area (Å²) >= 11 is 0. The molecule has 68 valence electrons. The highest BCUT2D eigenvalue weighted by atomic mass is 16.4. The van der Waals surface area contributed by atoms with Crippen LogP contribution in [-0.4, -0.2) is 5.11 Å². The fourth-order valence-corrected chi connectivity index (χ4v) is 1.03. The summed E-state index contributed by atoms with van der Waals surface area (Å²) in [5, 5.41) is 9.78. The first-order valence-electron chi connectivity index (χ1n) is 4.15.